The lowest BCUT2D eigenvalue weighted by Gasteiger charge is -2.35. The van der Waals surface area contributed by atoms with Crippen LogP contribution >= 0.6 is 0 Å². The molecule has 0 saturated carbocycles. The lowest BCUT2D eigenvalue weighted by atomic mass is 9.91. The molecule has 2 aromatic rings. The molecule has 3 rings (SSSR count). The number of nitrogens with one attached hydrogen (secondary N) is 1. The van der Waals surface area contributed by atoms with Crippen LogP contribution in [0, 0.1) is 11.8 Å². The van der Waals surface area contributed by atoms with Gasteiger partial charge >= 0.3 is 12.0 Å². The van der Waals surface area contributed by atoms with E-state index in [1.165, 1.54) is 0 Å². The Hall–Kier alpha value is -2.50. The molecular formula is C18H22N2O4. The van der Waals surface area contributed by atoms with Crippen LogP contribution in [0.25, 0.3) is 11.0 Å². The number of urea groups is 1. The third-order valence-electron chi connectivity index (χ3n) is 4.51. The minimum atomic E-state index is -0.843. The van der Waals surface area contributed by atoms with Crippen molar-refractivity contribution in [3.63, 3.8) is 0 Å². The number of para-hydroxylation sites is 1. The number of benzene rings is 1. The fraction of sp³-hybridized carbons (Fsp3) is 0.444. The van der Waals surface area contributed by atoms with E-state index in [1.807, 2.05) is 44.2 Å². The normalized spacial score (nSPS) is 22.3. The highest BCUT2D eigenvalue weighted by atomic mass is 16.4. The summed E-state index contributed by atoms with van der Waals surface area (Å²) < 4.78 is 5.77. The summed E-state index contributed by atoms with van der Waals surface area (Å²) in [4.78, 5) is 25.3. The Kier molecular flexibility index (Phi) is 4.46. The Morgan fingerprint density at radius 1 is 1.33 bits per heavy atom. The van der Waals surface area contributed by atoms with Crippen LogP contribution in [0.15, 0.2) is 34.7 Å². The molecule has 1 fully saturated rings. The van der Waals surface area contributed by atoms with Crippen LogP contribution in [0.1, 0.15) is 32.1 Å². The second-order valence-corrected chi connectivity index (χ2v) is 6.64. The monoisotopic (exact) mass is 330 g/mol. The minimum Gasteiger partial charge on any atom is -0.481 e. The summed E-state index contributed by atoms with van der Waals surface area (Å²) in [7, 11) is 0. The molecule has 0 bridgehead atoms. The maximum absolute atomic E-state index is 12.5. The molecule has 128 valence electrons. The molecule has 0 aliphatic carbocycles. The van der Waals surface area contributed by atoms with Crippen LogP contribution in [0.2, 0.25) is 0 Å². The van der Waals surface area contributed by atoms with Crippen molar-refractivity contribution in [2.24, 2.45) is 11.8 Å². The average Bonchev–Trinajstić information content (AvgIpc) is 2.98. The molecule has 2 heterocycles. The van der Waals surface area contributed by atoms with Crippen molar-refractivity contribution >= 4 is 23.0 Å². The number of carbonyl (C=O) groups is 2. The zero-order valence-corrected chi connectivity index (χ0v) is 13.9. The van der Waals surface area contributed by atoms with E-state index >= 15 is 0 Å². The topological polar surface area (TPSA) is 82.8 Å². The summed E-state index contributed by atoms with van der Waals surface area (Å²) in [5.74, 6) is -0.484. The molecular weight excluding hydrogens is 308 g/mol. The summed E-state index contributed by atoms with van der Waals surface area (Å²) >= 11 is 0. The fourth-order valence-electron chi connectivity index (χ4n) is 3.26. The van der Waals surface area contributed by atoms with Crippen LogP contribution < -0.4 is 5.32 Å². The molecule has 0 radical (unpaired) electrons. The number of furan rings is 1. The van der Waals surface area contributed by atoms with Crippen molar-refractivity contribution in [2.75, 3.05) is 13.1 Å². The maximum Gasteiger partial charge on any atom is 0.318 e. The van der Waals surface area contributed by atoms with Gasteiger partial charge in [-0.2, -0.15) is 0 Å². The molecule has 6 nitrogen and oxygen atoms in total. The van der Waals surface area contributed by atoms with Gasteiger partial charge in [-0.25, -0.2) is 4.79 Å². The van der Waals surface area contributed by atoms with Crippen molar-refractivity contribution in [3.8, 4) is 0 Å². The first kappa shape index (κ1) is 16.4. The van der Waals surface area contributed by atoms with Crippen LogP contribution in [-0.2, 0) is 4.79 Å². The second-order valence-electron chi connectivity index (χ2n) is 6.64. The van der Waals surface area contributed by atoms with Gasteiger partial charge in [-0.1, -0.05) is 25.1 Å². The second kappa shape index (κ2) is 6.55. The van der Waals surface area contributed by atoms with E-state index in [0.717, 1.165) is 11.0 Å². The lowest BCUT2D eigenvalue weighted by Crippen LogP contribution is -2.49. The summed E-state index contributed by atoms with van der Waals surface area (Å²) in [6, 6.07) is 9.06. The zero-order valence-electron chi connectivity index (χ0n) is 13.9. The molecule has 2 amide bonds. The van der Waals surface area contributed by atoms with Crippen molar-refractivity contribution in [2.45, 2.75) is 26.3 Å². The molecule has 1 saturated heterocycles. The van der Waals surface area contributed by atoms with Crippen molar-refractivity contribution in [3.05, 3.63) is 36.1 Å². The van der Waals surface area contributed by atoms with Gasteiger partial charge in [0.15, 0.2) is 0 Å². The number of carbonyl (C=O) groups excluding carboxylic acids is 1. The van der Waals surface area contributed by atoms with Gasteiger partial charge in [0.1, 0.15) is 11.3 Å². The Morgan fingerprint density at radius 2 is 2.08 bits per heavy atom. The van der Waals surface area contributed by atoms with E-state index < -0.39 is 11.9 Å². The van der Waals surface area contributed by atoms with Crippen LogP contribution in [0.5, 0.6) is 0 Å². The maximum atomic E-state index is 12.5. The summed E-state index contributed by atoms with van der Waals surface area (Å²) in [5, 5.41) is 13.1. The van der Waals surface area contributed by atoms with E-state index in [0.29, 0.717) is 18.7 Å². The first-order chi connectivity index (χ1) is 11.4. The Morgan fingerprint density at radius 3 is 2.79 bits per heavy atom. The van der Waals surface area contributed by atoms with Crippen LogP contribution in [-0.4, -0.2) is 35.1 Å². The molecule has 1 aliphatic rings. The lowest BCUT2D eigenvalue weighted by molar-refractivity contribution is -0.143. The van der Waals surface area contributed by atoms with Gasteiger partial charge in [-0.3, -0.25) is 4.79 Å². The Bertz CT molecular complexity index is 721. The Labute approximate surface area is 140 Å². The number of fused-ring (bicyclic) bond motifs is 1. The molecule has 1 aromatic carbocycles. The van der Waals surface area contributed by atoms with E-state index in [4.69, 9.17) is 4.42 Å². The van der Waals surface area contributed by atoms with Gasteiger partial charge in [0.05, 0.1) is 12.0 Å². The van der Waals surface area contributed by atoms with Gasteiger partial charge in [-0.05, 0) is 31.4 Å². The number of amides is 2. The first-order valence-electron chi connectivity index (χ1n) is 8.20. The third-order valence-corrected chi connectivity index (χ3v) is 4.51. The number of rotatable bonds is 3. The number of hydrogen-bond donors (Lipinski definition) is 2. The van der Waals surface area contributed by atoms with E-state index in [1.54, 1.807) is 4.90 Å². The van der Waals surface area contributed by atoms with E-state index in [-0.39, 0.29) is 24.5 Å². The quantitative estimate of drug-likeness (QED) is 0.905. The number of aliphatic carboxylic acids is 1. The highest BCUT2D eigenvalue weighted by molar-refractivity contribution is 5.79. The number of carboxylic acid groups (broad SMARTS) is 1. The SMILES string of the molecule is CC1CC(C(=O)O)CN(C(=O)N[C@H](C)c2cc3ccccc3o2)C1. The summed E-state index contributed by atoms with van der Waals surface area (Å²) in [5.41, 5.74) is 0.783. The van der Waals surface area contributed by atoms with Gasteiger partial charge in [0, 0.05) is 18.5 Å². The molecule has 6 heteroatoms. The number of likely N-dealkylation sites (tertiary alicyclic amines) is 1. The number of hydrogen-bond acceptors (Lipinski definition) is 3. The zero-order chi connectivity index (χ0) is 17.3. The molecule has 1 aromatic heterocycles. The van der Waals surface area contributed by atoms with Gasteiger partial charge < -0.3 is 19.7 Å². The molecule has 24 heavy (non-hydrogen) atoms. The van der Waals surface area contributed by atoms with Crippen LogP contribution in [0.4, 0.5) is 4.79 Å². The highest BCUT2D eigenvalue weighted by Gasteiger charge is 2.32. The van der Waals surface area contributed by atoms with Crippen molar-refractivity contribution in [1.82, 2.24) is 10.2 Å². The van der Waals surface area contributed by atoms with Crippen molar-refractivity contribution < 1.29 is 19.1 Å². The van der Waals surface area contributed by atoms with Gasteiger partial charge in [0.25, 0.3) is 0 Å². The summed E-state index contributed by atoms with van der Waals surface area (Å²) in [6.45, 7) is 4.65. The van der Waals surface area contributed by atoms with E-state index in [2.05, 4.69) is 5.32 Å². The molecule has 3 atom stereocenters. The molecule has 0 spiro atoms. The van der Waals surface area contributed by atoms with E-state index in [9.17, 15) is 14.7 Å². The fourth-order valence-corrected chi connectivity index (χ4v) is 3.26. The average molecular weight is 330 g/mol. The third kappa shape index (κ3) is 3.37. The van der Waals surface area contributed by atoms with Crippen LogP contribution in [0.3, 0.4) is 0 Å². The predicted octanol–water partition coefficient (Wildman–Crippen LogP) is 3.25. The predicted molar refractivity (Wildman–Crippen MR) is 89.6 cm³/mol. The smallest absolute Gasteiger partial charge is 0.318 e. The largest absolute Gasteiger partial charge is 0.481 e. The number of carboxylic acids is 1. The minimum absolute atomic E-state index is 0.173. The Balaban J connectivity index is 1.68. The first-order valence-corrected chi connectivity index (χ1v) is 8.20. The van der Waals surface area contributed by atoms with Gasteiger partial charge in [-0.15, -0.1) is 0 Å². The number of piperidine rings is 1. The molecule has 1 aliphatic heterocycles. The molecule has 2 unspecified atom stereocenters. The van der Waals surface area contributed by atoms with Crippen molar-refractivity contribution in [1.29, 1.82) is 0 Å². The summed E-state index contributed by atoms with van der Waals surface area (Å²) in [6.07, 6.45) is 0.609. The number of nitrogens with zero attached hydrogens (tertiary/aromatic N) is 1. The van der Waals surface area contributed by atoms with Gasteiger partial charge in [0.2, 0.25) is 0 Å². The highest BCUT2D eigenvalue weighted by Crippen LogP contribution is 2.25. The standard InChI is InChI=1S/C18H22N2O4/c1-11-7-14(17(21)22)10-20(9-11)18(23)19-12(2)16-8-13-5-3-4-6-15(13)24-16/h3-6,8,11-12,14H,7,9-10H2,1-2H3,(H,19,23)(H,21,22)/t11?,12-,14?/m1/s1. The molecule has 2 N–H and O–H groups in total.